The summed E-state index contributed by atoms with van der Waals surface area (Å²) >= 11 is 0. The molecule has 0 saturated carbocycles. The lowest BCUT2D eigenvalue weighted by atomic mass is 9.96. The summed E-state index contributed by atoms with van der Waals surface area (Å²) in [6.45, 7) is 5.89. The number of nitrogens with two attached hydrogens (primary N) is 2. The van der Waals surface area contributed by atoms with Gasteiger partial charge in [0.15, 0.2) is 6.29 Å². The van der Waals surface area contributed by atoms with E-state index in [4.69, 9.17) is 26.0 Å². The van der Waals surface area contributed by atoms with E-state index in [-0.39, 0.29) is 31.7 Å². The number of nitrogens with zero attached hydrogens (tertiary/aromatic N) is 1. The Kier molecular flexibility index (Phi) is 27.9. The van der Waals surface area contributed by atoms with Crippen molar-refractivity contribution in [1.82, 2.24) is 10.2 Å². The van der Waals surface area contributed by atoms with Gasteiger partial charge < -0.3 is 56.7 Å². The number of amides is 3. The van der Waals surface area contributed by atoms with Crippen LogP contribution in [0.5, 0.6) is 0 Å². The topological polar surface area (TPSA) is 272 Å². The van der Waals surface area contributed by atoms with E-state index in [1.54, 1.807) is 6.92 Å². The van der Waals surface area contributed by atoms with Gasteiger partial charge >= 0.3 is 11.9 Å². The molecular formula is C37H70N4O12. The van der Waals surface area contributed by atoms with Crippen LogP contribution in [0.1, 0.15) is 143 Å². The van der Waals surface area contributed by atoms with Gasteiger partial charge in [-0.2, -0.15) is 0 Å². The van der Waals surface area contributed by atoms with Crippen LogP contribution in [-0.4, -0.2) is 122 Å². The van der Waals surface area contributed by atoms with Crippen molar-refractivity contribution in [2.75, 3.05) is 13.2 Å². The average molecular weight is 763 g/mol. The molecule has 8 atom stereocenters. The number of hydrogen-bond acceptors (Lipinski definition) is 11. The predicted octanol–water partition coefficient (Wildman–Crippen LogP) is 2.56. The summed E-state index contributed by atoms with van der Waals surface area (Å²) in [6.07, 6.45) is 12.4. The van der Waals surface area contributed by atoms with Gasteiger partial charge in [0.1, 0.15) is 30.4 Å². The van der Waals surface area contributed by atoms with Crippen molar-refractivity contribution >= 4 is 29.7 Å². The monoisotopic (exact) mass is 762 g/mol. The number of carbonyl (C=O) groups is 5. The number of aliphatic hydroxyl groups excluding tert-OH is 3. The minimum atomic E-state index is -1.54. The number of carboxylic acid groups (broad SMARTS) is 2. The average Bonchev–Trinajstić information content (AvgIpc) is 3.10. The molecule has 53 heavy (non-hydrogen) atoms. The first-order chi connectivity index (χ1) is 25.1. The molecule has 0 aromatic heterocycles. The Morgan fingerprint density at radius 3 is 1.74 bits per heavy atom. The number of ether oxygens (including phenoxy) is 2. The second kappa shape index (κ2) is 29.5. The van der Waals surface area contributed by atoms with Gasteiger partial charge in [-0.15, -0.1) is 0 Å². The van der Waals surface area contributed by atoms with Crippen LogP contribution in [-0.2, 0) is 33.4 Å². The van der Waals surface area contributed by atoms with Gasteiger partial charge in [-0.1, -0.05) is 96.8 Å². The van der Waals surface area contributed by atoms with Gasteiger partial charge in [-0.25, -0.2) is 4.79 Å². The molecule has 1 aliphatic rings. The zero-order valence-corrected chi connectivity index (χ0v) is 32.5. The third-order valence-corrected chi connectivity index (χ3v) is 9.26. The van der Waals surface area contributed by atoms with E-state index < -0.39 is 79.2 Å². The molecule has 1 fully saturated rings. The van der Waals surface area contributed by atoms with Crippen LogP contribution in [0.15, 0.2) is 0 Å². The lowest BCUT2D eigenvalue weighted by Crippen LogP contribution is -2.65. The van der Waals surface area contributed by atoms with Crippen LogP contribution in [0.4, 0.5) is 0 Å². The highest BCUT2D eigenvalue weighted by molar-refractivity contribution is 5.83. The van der Waals surface area contributed by atoms with Crippen LogP contribution in [0.2, 0.25) is 0 Å². The molecule has 16 nitrogen and oxygen atoms in total. The lowest BCUT2D eigenvalue weighted by molar-refractivity contribution is -0.268. The molecule has 0 spiro atoms. The summed E-state index contributed by atoms with van der Waals surface area (Å²) in [7, 11) is 0. The molecule has 10 N–H and O–H groups in total. The van der Waals surface area contributed by atoms with Crippen molar-refractivity contribution < 1.29 is 59.0 Å². The van der Waals surface area contributed by atoms with Gasteiger partial charge in [-0.3, -0.25) is 19.2 Å². The standard InChI is InChI=1S/C32H60N2O9.C5H10N2O3/c1-5-6-7-8-9-10-11-12-13-14-15-16-17-18-19-20-27(37)34(24(3)31(39)40)21-23(2)42-30-28(33-25(4)36)32(41)43-26(22-35)29(30)38;6-3(5(7)10)1-2-4(8)9/h23-24,26,28-30,32,35,38,41H,5-22H2,1-4H3,(H,33,36)(H,39,40);3H,1-2,6H2,(H2,7,10)(H,8,9)/t23?,24-,26+,28+,29+,30+,32-;3-/m01/s1. The number of aliphatic hydroxyl groups is 3. The van der Waals surface area contributed by atoms with Crippen molar-refractivity contribution in [3.8, 4) is 0 Å². The number of carbonyl (C=O) groups excluding carboxylic acids is 3. The highest BCUT2D eigenvalue weighted by Crippen LogP contribution is 2.24. The van der Waals surface area contributed by atoms with Crippen molar-refractivity contribution in [1.29, 1.82) is 0 Å². The SMILES string of the molecule is CCCCCCCCCCCCCCCCCC(=O)N(CC(C)O[C@H]1[C@H](O)[C@@H](CO)O[C@H](O)[C@@H]1NC(C)=O)[C@@H](C)C(=O)O.NC(=O)[C@H](N)CCC(=O)O. The Labute approximate surface area is 315 Å². The number of rotatable bonds is 28. The van der Waals surface area contributed by atoms with Crippen molar-refractivity contribution in [3.05, 3.63) is 0 Å². The minimum Gasteiger partial charge on any atom is -0.481 e. The van der Waals surface area contributed by atoms with Gasteiger partial charge in [0.2, 0.25) is 17.7 Å². The smallest absolute Gasteiger partial charge is 0.326 e. The summed E-state index contributed by atoms with van der Waals surface area (Å²) in [5.41, 5.74) is 9.89. The van der Waals surface area contributed by atoms with Crippen molar-refractivity contribution in [3.63, 3.8) is 0 Å². The van der Waals surface area contributed by atoms with Gasteiger partial charge in [-0.05, 0) is 26.7 Å². The summed E-state index contributed by atoms with van der Waals surface area (Å²) in [5, 5.41) is 50.8. The number of primary amides is 1. The third-order valence-electron chi connectivity index (χ3n) is 9.26. The van der Waals surface area contributed by atoms with E-state index >= 15 is 0 Å². The van der Waals surface area contributed by atoms with Crippen LogP contribution in [0, 0.1) is 0 Å². The number of hydrogen-bond donors (Lipinski definition) is 8. The molecule has 310 valence electrons. The number of nitrogens with one attached hydrogen (secondary N) is 1. The first-order valence-electron chi connectivity index (χ1n) is 19.4. The lowest BCUT2D eigenvalue weighted by Gasteiger charge is -2.43. The quantitative estimate of drug-likeness (QED) is 0.0533. The Bertz CT molecular complexity index is 1050. The molecule has 0 aromatic carbocycles. The highest BCUT2D eigenvalue weighted by Gasteiger charge is 2.46. The summed E-state index contributed by atoms with van der Waals surface area (Å²) in [5.74, 6) is -3.56. The summed E-state index contributed by atoms with van der Waals surface area (Å²) < 4.78 is 11.2. The minimum absolute atomic E-state index is 0.0677. The van der Waals surface area contributed by atoms with Crippen molar-refractivity contribution in [2.24, 2.45) is 11.5 Å². The molecular weight excluding hydrogens is 692 g/mol. The zero-order chi connectivity index (χ0) is 40.3. The van der Waals surface area contributed by atoms with Crippen LogP contribution < -0.4 is 16.8 Å². The third kappa shape index (κ3) is 22.8. The fourth-order valence-electron chi connectivity index (χ4n) is 6.04. The number of carboxylic acids is 2. The Hall–Kier alpha value is -2.89. The second-order valence-electron chi connectivity index (χ2n) is 14.1. The molecule has 1 rings (SSSR count). The maximum Gasteiger partial charge on any atom is 0.326 e. The van der Waals surface area contributed by atoms with Gasteiger partial charge in [0, 0.05) is 26.3 Å². The Morgan fingerprint density at radius 1 is 0.830 bits per heavy atom. The van der Waals surface area contributed by atoms with Crippen LogP contribution >= 0.6 is 0 Å². The van der Waals surface area contributed by atoms with E-state index in [0.29, 0.717) is 6.42 Å². The maximum atomic E-state index is 13.1. The van der Waals surface area contributed by atoms with E-state index in [0.717, 1.165) is 19.3 Å². The molecule has 1 unspecified atom stereocenters. The Balaban J connectivity index is 0.00000234. The van der Waals surface area contributed by atoms with E-state index in [2.05, 4.69) is 12.2 Å². The predicted molar refractivity (Wildman–Crippen MR) is 198 cm³/mol. The molecule has 0 aliphatic carbocycles. The molecule has 1 heterocycles. The molecule has 0 bridgehead atoms. The fraction of sp³-hybridized carbons (Fsp3) is 0.865. The van der Waals surface area contributed by atoms with Gasteiger partial charge in [0.25, 0.3) is 0 Å². The summed E-state index contributed by atoms with van der Waals surface area (Å²) in [4.78, 5) is 57.9. The molecule has 0 radical (unpaired) electrons. The van der Waals surface area contributed by atoms with E-state index in [9.17, 15) is 44.4 Å². The second-order valence-corrected chi connectivity index (χ2v) is 14.1. The maximum absolute atomic E-state index is 13.1. The molecule has 3 amide bonds. The first kappa shape index (κ1) is 50.1. The van der Waals surface area contributed by atoms with Gasteiger partial charge in [0.05, 0.1) is 18.8 Å². The number of unbranched alkanes of at least 4 members (excludes halogenated alkanes) is 14. The highest BCUT2D eigenvalue weighted by atomic mass is 16.6. The molecule has 1 aliphatic heterocycles. The fourth-order valence-corrected chi connectivity index (χ4v) is 6.04. The first-order valence-corrected chi connectivity index (χ1v) is 19.4. The largest absolute Gasteiger partial charge is 0.481 e. The normalized spacial score (nSPS) is 21.4. The van der Waals surface area contributed by atoms with Crippen molar-refractivity contribution in [2.45, 2.75) is 192 Å². The summed E-state index contributed by atoms with van der Waals surface area (Å²) in [6, 6.07) is -3.05. The van der Waals surface area contributed by atoms with E-state index in [1.165, 1.54) is 89.4 Å². The number of aliphatic carboxylic acids is 2. The zero-order valence-electron chi connectivity index (χ0n) is 32.5. The molecule has 1 saturated heterocycles. The van der Waals surface area contributed by atoms with Crippen LogP contribution in [0.25, 0.3) is 0 Å². The molecule has 16 heteroatoms. The van der Waals surface area contributed by atoms with Crippen LogP contribution in [0.3, 0.4) is 0 Å². The van der Waals surface area contributed by atoms with E-state index in [1.807, 2.05) is 0 Å². The molecule has 0 aromatic rings. The Morgan fingerprint density at radius 2 is 1.32 bits per heavy atom.